The van der Waals surface area contributed by atoms with Gasteiger partial charge >= 0.3 is 0 Å². The number of benzene rings is 2. The van der Waals surface area contributed by atoms with Gasteiger partial charge in [0.2, 0.25) is 5.91 Å². The number of aryl methyl sites for hydroxylation is 1. The van der Waals surface area contributed by atoms with Gasteiger partial charge in [0.05, 0.1) is 6.54 Å². The minimum Gasteiger partial charge on any atom is -0.312 e. The maximum Gasteiger partial charge on any atom is 0.240 e. The average molecular weight is 314 g/mol. The summed E-state index contributed by atoms with van der Waals surface area (Å²) in [4.78, 5) is 14.1. The molecule has 0 aliphatic carbocycles. The quantitative estimate of drug-likeness (QED) is 0.795. The van der Waals surface area contributed by atoms with Crippen LogP contribution in [0.4, 0.5) is 10.1 Å². The van der Waals surface area contributed by atoms with Crippen LogP contribution >= 0.6 is 0 Å². The number of hydrogen-bond donors (Lipinski definition) is 1. The van der Waals surface area contributed by atoms with Crippen LogP contribution < -0.4 is 10.2 Å². The lowest BCUT2D eigenvalue weighted by Crippen LogP contribution is -2.38. The van der Waals surface area contributed by atoms with Gasteiger partial charge in [-0.15, -0.1) is 0 Å². The van der Waals surface area contributed by atoms with Gasteiger partial charge in [0.25, 0.3) is 0 Å². The number of likely N-dealkylation sites (N-methyl/N-ethyl adjacent to an activating group) is 1. The fourth-order valence-corrected chi connectivity index (χ4v) is 2.51. The van der Waals surface area contributed by atoms with E-state index >= 15 is 0 Å². The molecule has 0 fully saturated rings. The second kappa shape index (κ2) is 8.44. The smallest absolute Gasteiger partial charge is 0.240 e. The molecule has 1 amide bonds. The van der Waals surface area contributed by atoms with Crippen LogP contribution in [0.25, 0.3) is 0 Å². The van der Waals surface area contributed by atoms with Gasteiger partial charge in [-0.3, -0.25) is 4.79 Å². The van der Waals surface area contributed by atoms with E-state index in [2.05, 4.69) is 5.32 Å². The first-order valence-corrected chi connectivity index (χ1v) is 7.93. The lowest BCUT2D eigenvalue weighted by atomic mass is 10.1. The largest absolute Gasteiger partial charge is 0.312 e. The highest BCUT2D eigenvalue weighted by Gasteiger charge is 2.13. The summed E-state index contributed by atoms with van der Waals surface area (Å²) >= 11 is 0. The summed E-state index contributed by atoms with van der Waals surface area (Å²) in [5.41, 5.74) is 2.70. The lowest BCUT2D eigenvalue weighted by Gasteiger charge is -2.21. The average Bonchev–Trinajstić information content (AvgIpc) is 2.54. The molecule has 3 nitrogen and oxygen atoms in total. The normalized spacial score (nSPS) is 10.6. The molecule has 23 heavy (non-hydrogen) atoms. The van der Waals surface area contributed by atoms with Crippen molar-refractivity contribution in [2.75, 3.05) is 24.5 Å². The van der Waals surface area contributed by atoms with Crippen LogP contribution in [0, 0.1) is 12.7 Å². The lowest BCUT2D eigenvalue weighted by molar-refractivity contribution is -0.117. The summed E-state index contributed by atoms with van der Waals surface area (Å²) in [7, 11) is 0. The summed E-state index contributed by atoms with van der Waals surface area (Å²) in [5, 5.41) is 3.10. The van der Waals surface area contributed by atoms with Crippen LogP contribution in [0.2, 0.25) is 0 Å². The van der Waals surface area contributed by atoms with Gasteiger partial charge in [0, 0.05) is 12.2 Å². The van der Waals surface area contributed by atoms with E-state index in [-0.39, 0.29) is 18.3 Å². The fraction of sp³-hybridized carbons (Fsp3) is 0.316. The van der Waals surface area contributed by atoms with Crippen molar-refractivity contribution in [3.05, 3.63) is 65.5 Å². The molecule has 0 atom stereocenters. The molecule has 1 N–H and O–H groups in total. The monoisotopic (exact) mass is 314 g/mol. The SMILES string of the molecule is CCN(C(=O)CNCCc1ccccc1F)c1cccc(C)c1. The number of nitrogens with one attached hydrogen (secondary N) is 1. The van der Waals surface area contributed by atoms with Crippen LogP contribution in [0.3, 0.4) is 0 Å². The molecule has 4 heteroatoms. The number of hydrogen-bond acceptors (Lipinski definition) is 2. The van der Waals surface area contributed by atoms with E-state index in [1.54, 1.807) is 17.0 Å². The third kappa shape index (κ3) is 4.89. The third-order valence-corrected chi connectivity index (χ3v) is 3.74. The molecule has 0 radical (unpaired) electrons. The molecule has 0 aliphatic heterocycles. The van der Waals surface area contributed by atoms with Gasteiger partial charge in [0.1, 0.15) is 5.82 Å². The Morgan fingerprint density at radius 2 is 1.96 bits per heavy atom. The van der Waals surface area contributed by atoms with Crippen molar-refractivity contribution >= 4 is 11.6 Å². The van der Waals surface area contributed by atoms with E-state index in [4.69, 9.17) is 0 Å². The number of halogens is 1. The first-order valence-electron chi connectivity index (χ1n) is 7.93. The number of amides is 1. The Kier molecular flexibility index (Phi) is 6.29. The van der Waals surface area contributed by atoms with Crippen LogP contribution in [0.1, 0.15) is 18.1 Å². The van der Waals surface area contributed by atoms with Crippen molar-refractivity contribution in [3.63, 3.8) is 0 Å². The maximum absolute atomic E-state index is 13.5. The highest BCUT2D eigenvalue weighted by molar-refractivity contribution is 5.94. The Bertz CT molecular complexity index is 657. The second-order valence-corrected chi connectivity index (χ2v) is 5.50. The summed E-state index contributed by atoms with van der Waals surface area (Å²) in [6.45, 7) is 5.40. The van der Waals surface area contributed by atoms with E-state index in [0.29, 0.717) is 25.1 Å². The van der Waals surface area contributed by atoms with Crippen LogP contribution in [0.5, 0.6) is 0 Å². The van der Waals surface area contributed by atoms with Crippen molar-refractivity contribution in [2.45, 2.75) is 20.3 Å². The molecule has 2 rings (SSSR count). The number of anilines is 1. The zero-order valence-corrected chi connectivity index (χ0v) is 13.7. The first kappa shape index (κ1) is 17.2. The van der Waals surface area contributed by atoms with Crippen molar-refractivity contribution in [3.8, 4) is 0 Å². The van der Waals surface area contributed by atoms with Crippen LogP contribution in [-0.4, -0.2) is 25.5 Å². The molecule has 0 saturated carbocycles. The molecule has 0 saturated heterocycles. The first-order chi connectivity index (χ1) is 11.1. The Balaban J connectivity index is 1.85. The predicted molar refractivity (Wildman–Crippen MR) is 92.2 cm³/mol. The highest BCUT2D eigenvalue weighted by atomic mass is 19.1. The van der Waals surface area contributed by atoms with Crippen molar-refractivity contribution in [2.24, 2.45) is 0 Å². The molecular weight excluding hydrogens is 291 g/mol. The zero-order valence-electron chi connectivity index (χ0n) is 13.7. The Labute approximate surface area is 137 Å². The number of rotatable bonds is 7. The van der Waals surface area contributed by atoms with Crippen LogP contribution in [-0.2, 0) is 11.2 Å². The van der Waals surface area contributed by atoms with Gasteiger partial charge in [-0.2, -0.15) is 0 Å². The van der Waals surface area contributed by atoms with Crippen LogP contribution in [0.15, 0.2) is 48.5 Å². The van der Waals surface area contributed by atoms with E-state index < -0.39 is 0 Å². The molecular formula is C19H23FN2O. The predicted octanol–water partition coefficient (Wildman–Crippen LogP) is 3.32. The minimum absolute atomic E-state index is 0.0200. The van der Waals surface area contributed by atoms with Crippen molar-refractivity contribution < 1.29 is 9.18 Å². The number of carbonyl (C=O) groups is 1. The minimum atomic E-state index is -0.199. The van der Waals surface area contributed by atoms with Gasteiger partial charge in [0.15, 0.2) is 0 Å². The molecule has 0 unspecified atom stereocenters. The van der Waals surface area contributed by atoms with E-state index in [1.165, 1.54) is 6.07 Å². The Morgan fingerprint density at radius 3 is 2.65 bits per heavy atom. The Hall–Kier alpha value is -2.20. The van der Waals surface area contributed by atoms with Gasteiger partial charge in [-0.1, -0.05) is 30.3 Å². The second-order valence-electron chi connectivity index (χ2n) is 5.50. The standard InChI is InChI=1S/C19H23FN2O/c1-3-22(17-9-6-7-15(2)13-17)19(23)14-21-12-11-16-8-4-5-10-18(16)20/h4-10,13,21H,3,11-12,14H2,1-2H3. The Morgan fingerprint density at radius 1 is 1.17 bits per heavy atom. The molecule has 0 bridgehead atoms. The molecule has 122 valence electrons. The summed E-state index contributed by atoms with van der Waals surface area (Å²) in [6.07, 6.45) is 0.566. The fourth-order valence-electron chi connectivity index (χ4n) is 2.51. The maximum atomic E-state index is 13.5. The topological polar surface area (TPSA) is 32.3 Å². The van der Waals surface area contributed by atoms with Gasteiger partial charge in [-0.25, -0.2) is 4.39 Å². The summed E-state index contributed by atoms with van der Waals surface area (Å²) in [6, 6.07) is 14.6. The summed E-state index contributed by atoms with van der Waals surface area (Å²) in [5.74, 6) is -0.179. The molecule has 0 aromatic heterocycles. The van der Waals surface area contributed by atoms with Crippen molar-refractivity contribution in [1.29, 1.82) is 0 Å². The molecule has 2 aromatic carbocycles. The zero-order chi connectivity index (χ0) is 16.7. The van der Waals surface area contributed by atoms with Gasteiger partial charge in [-0.05, 0) is 56.1 Å². The number of nitrogens with zero attached hydrogens (tertiary/aromatic N) is 1. The van der Waals surface area contributed by atoms with Crippen molar-refractivity contribution in [1.82, 2.24) is 5.32 Å². The highest BCUT2D eigenvalue weighted by Crippen LogP contribution is 2.15. The molecule has 0 heterocycles. The number of carbonyl (C=O) groups excluding carboxylic acids is 1. The third-order valence-electron chi connectivity index (χ3n) is 3.74. The van der Waals surface area contributed by atoms with Gasteiger partial charge < -0.3 is 10.2 Å². The van der Waals surface area contributed by atoms with E-state index in [0.717, 1.165) is 11.3 Å². The van der Waals surface area contributed by atoms with E-state index in [9.17, 15) is 9.18 Å². The summed E-state index contributed by atoms with van der Waals surface area (Å²) < 4.78 is 13.5. The molecule has 0 spiro atoms. The molecule has 0 aliphatic rings. The van der Waals surface area contributed by atoms with E-state index in [1.807, 2.05) is 44.2 Å². The molecule has 2 aromatic rings.